The molecule has 2 unspecified atom stereocenters. The van der Waals surface area contributed by atoms with Crippen LogP contribution >= 0.6 is 0 Å². The summed E-state index contributed by atoms with van der Waals surface area (Å²) in [6, 6.07) is 0.845. The van der Waals surface area contributed by atoms with Gasteiger partial charge in [-0.1, -0.05) is 0 Å². The van der Waals surface area contributed by atoms with E-state index in [9.17, 15) is 0 Å². The molecule has 5 rings (SSSR count). The molecule has 1 aromatic heterocycles. The highest BCUT2D eigenvalue weighted by atomic mass is 15.2. The van der Waals surface area contributed by atoms with Crippen molar-refractivity contribution in [2.24, 2.45) is 24.8 Å². The maximum Gasteiger partial charge on any atom is 0.122 e. The third kappa shape index (κ3) is 1.80. The van der Waals surface area contributed by atoms with Gasteiger partial charge in [0.25, 0.3) is 0 Å². The van der Waals surface area contributed by atoms with Crippen molar-refractivity contribution in [3.63, 3.8) is 0 Å². The van der Waals surface area contributed by atoms with Crippen molar-refractivity contribution in [1.82, 2.24) is 14.5 Å². The Kier molecular flexibility index (Phi) is 2.51. The first-order valence-electron chi connectivity index (χ1n) is 7.48. The van der Waals surface area contributed by atoms with Gasteiger partial charge >= 0.3 is 0 Å². The van der Waals surface area contributed by atoms with E-state index in [2.05, 4.69) is 27.7 Å². The van der Waals surface area contributed by atoms with Crippen LogP contribution in [0.15, 0.2) is 12.4 Å². The Morgan fingerprint density at radius 2 is 1.83 bits per heavy atom. The Morgan fingerprint density at radius 1 is 1.11 bits per heavy atom. The second-order valence-corrected chi connectivity index (χ2v) is 6.81. The molecule has 0 N–H and O–H groups in total. The first kappa shape index (κ1) is 11.0. The zero-order chi connectivity index (χ0) is 12.1. The SMILES string of the molecule is Cn1ccnc1CN1CC2CC3CC(C2)CC1C3. The summed E-state index contributed by atoms with van der Waals surface area (Å²) in [7, 11) is 2.11. The number of imidazole rings is 1. The summed E-state index contributed by atoms with van der Waals surface area (Å²) in [6.45, 7) is 2.38. The highest BCUT2D eigenvalue weighted by Gasteiger charge is 2.42. The van der Waals surface area contributed by atoms with E-state index < -0.39 is 0 Å². The predicted molar refractivity (Wildman–Crippen MR) is 71.0 cm³/mol. The molecule has 3 heterocycles. The average Bonchev–Trinajstić information content (AvgIpc) is 2.63. The molecule has 3 nitrogen and oxygen atoms in total. The van der Waals surface area contributed by atoms with E-state index >= 15 is 0 Å². The van der Waals surface area contributed by atoms with Gasteiger partial charge in [0.15, 0.2) is 0 Å². The first-order valence-corrected chi connectivity index (χ1v) is 7.48. The molecule has 0 aromatic carbocycles. The fourth-order valence-corrected chi connectivity index (χ4v) is 4.81. The third-order valence-electron chi connectivity index (χ3n) is 5.49. The molecule has 2 aliphatic carbocycles. The molecule has 98 valence electrons. The molecule has 4 aliphatic rings. The van der Waals surface area contributed by atoms with E-state index in [0.717, 1.165) is 30.3 Å². The standard InChI is InChI=1S/C15H23N3/c1-17-3-2-16-15(17)10-18-9-13-5-11-4-12(6-13)8-14(18)7-11/h2-3,11-14H,4-10H2,1H3. The Labute approximate surface area is 109 Å². The Bertz CT molecular complexity index is 425. The van der Waals surface area contributed by atoms with Crippen molar-refractivity contribution in [1.29, 1.82) is 0 Å². The minimum Gasteiger partial charge on any atom is -0.337 e. The van der Waals surface area contributed by atoms with Gasteiger partial charge in [-0.2, -0.15) is 0 Å². The fraction of sp³-hybridized carbons (Fsp3) is 0.800. The van der Waals surface area contributed by atoms with Gasteiger partial charge in [-0.25, -0.2) is 4.98 Å². The zero-order valence-corrected chi connectivity index (χ0v) is 11.3. The number of rotatable bonds is 2. The number of hydrogen-bond acceptors (Lipinski definition) is 2. The minimum atomic E-state index is 0.845. The van der Waals surface area contributed by atoms with Crippen molar-refractivity contribution in [2.45, 2.75) is 44.7 Å². The van der Waals surface area contributed by atoms with E-state index in [4.69, 9.17) is 0 Å². The van der Waals surface area contributed by atoms with Crippen molar-refractivity contribution in [3.05, 3.63) is 18.2 Å². The molecule has 2 saturated heterocycles. The van der Waals surface area contributed by atoms with Crippen LogP contribution in [0.1, 0.15) is 37.9 Å². The zero-order valence-electron chi connectivity index (χ0n) is 11.3. The lowest BCUT2D eigenvalue weighted by molar-refractivity contribution is 0.120. The van der Waals surface area contributed by atoms with Gasteiger partial charge in [0.2, 0.25) is 0 Å². The van der Waals surface area contributed by atoms with Crippen LogP contribution in [-0.2, 0) is 13.6 Å². The van der Waals surface area contributed by atoms with Gasteiger partial charge in [-0.15, -0.1) is 0 Å². The molecular weight excluding hydrogens is 222 g/mol. The lowest BCUT2D eigenvalue weighted by Crippen LogP contribution is -2.38. The van der Waals surface area contributed by atoms with Crippen LogP contribution in [0.5, 0.6) is 0 Å². The average molecular weight is 245 g/mol. The first-order chi connectivity index (χ1) is 8.78. The molecule has 0 spiro atoms. The second-order valence-electron chi connectivity index (χ2n) is 6.81. The Hall–Kier alpha value is -0.830. The van der Waals surface area contributed by atoms with Crippen LogP contribution in [0, 0.1) is 17.8 Å². The van der Waals surface area contributed by atoms with Gasteiger partial charge in [0.05, 0.1) is 6.54 Å². The van der Waals surface area contributed by atoms with Crippen molar-refractivity contribution in [3.8, 4) is 0 Å². The number of hydrogen-bond donors (Lipinski definition) is 0. The summed E-state index contributed by atoms with van der Waals surface area (Å²) in [5.74, 6) is 4.29. The summed E-state index contributed by atoms with van der Waals surface area (Å²) in [5, 5.41) is 0. The van der Waals surface area contributed by atoms with Crippen molar-refractivity contribution >= 4 is 0 Å². The van der Waals surface area contributed by atoms with Gasteiger partial charge in [0, 0.05) is 32.0 Å². The van der Waals surface area contributed by atoms with Crippen LogP contribution in [0.4, 0.5) is 0 Å². The summed E-state index contributed by atoms with van der Waals surface area (Å²) in [5.41, 5.74) is 0. The van der Waals surface area contributed by atoms with Crippen LogP contribution in [0.25, 0.3) is 0 Å². The third-order valence-corrected chi connectivity index (χ3v) is 5.49. The van der Waals surface area contributed by atoms with Crippen LogP contribution in [0.2, 0.25) is 0 Å². The van der Waals surface area contributed by atoms with Crippen molar-refractivity contribution < 1.29 is 0 Å². The highest BCUT2D eigenvalue weighted by Crippen LogP contribution is 2.47. The molecule has 4 fully saturated rings. The van der Waals surface area contributed by atoms with Gasteiger partial charge in [-0.05, 0) is 49.9 Å². The quantitative estimate of drug-likeness (QED) is 0.798. The topological polar surface area (TPSA) is 21.1 Å². The molecule has 2 atom stereocenters. The van der Waals surface area contributed by atoms with Crippen LogP contribution < -0.4 is 0 Å². The van der Waals surface area contributed by atoms with E-state index in [1.807, 2.05) is 6.20 Å². The number of aromatic nitrogens is 2. The molecule has 2 aliphatic heterocycles. The molecule has 18 heavy (non-hydrogen) atoms. The second kappa shape index (κ2) is 4.09. The van der Waals surface area contributed by atoms with Crippen molar-refractivity contribution in [2.75, 3.05) is 6.54 Å². The molecular formula is C15H23N3. The van der Waals surface area contributed by atoms with E-state index in [-0.39, 0.29) is 0 Å². The summed E-state index contributed by atoms with van der Waals surface area (Å²) in [4.78, 5) is 7.25. The molecule has 4 bridgehead atoms. The van der Waals surface area contributed by atoms with Gasteiger partial charge in [0.1, 0.15) is 5.82 Å². The minimum absolute atomic E-state index is 0.845. The summed E-state index contributed by atoms with van der Waals surface area (Å²) < 4.78 is 2.18. The van der Waals surface area contributed by atoms with E-state index in [1.54, 1.807) is 0 Å². The largest absolute Gasteiger partial charge is 0.337 e. The van der Waals surface area contributed by atoms with Crippen LogP contribution in [-0.4, -0.2) is 27.0 Å². The number of nitrogens with zero attached hydrogens (tertiary/aromatic N) is 3. The van der Waals surface area contributed by atoms with Gasteiger partial charge < -0.3 is 4.57 Å². The smallest absolute Gasteiger partial charge is 0.122 e. The number of fused-ring (bicyclic) bond motifs is 1. The maximum atomic E-state index is 4.51. The Morgan fingerprint density at radius 3 is 2.50 bits per heavy atom. The molecule has 1 aromatic rings. The predicted octanol–water partition coefficient (Wildman–Crippen LogP) is 2.43. The number of aryl methyl sites for hydroxylation is 1. The summed E-state index contributed by atoms with van der Waals surface area (Å²) in [6.07, 6.45) is 11.4. The molecule has 0 amide bonds. The summed E-state index contributed by atoms with van der Waals surface area (Å²) >= 11 is 0. The molecule has 2 saturated carbocycles. The lowest BCUT2D eigenvalue weighted by Gasteiger charge is -2.39. The maximum absolute atomic E-state index is 4.51. The Balaban J connectivity index is 1.57. The normalized spacial score (nSPS) is 39.2. The lowest BCUT2D eigenvalue weighted by atomic mass is 9.68. The monoisotopic (exact) mass is 245 g/mol. The molecule has 3 heteroatoms. The highest BCUT2D eigenvalue weighted by molar-refractivity contribution is 4.98. The van der Waals surface area contributed by atoms with Gasteiger partial charge in [-0.3, -0.25) is 4.90 Å². The molecule has 0 radical (unpaired) electrons. The van der Waals surface area contributed by atoms with E-state index in [0.29, 0.717) is 0 Å². The fourth-order valence-electron chi connectivity index (χ4n) is 4.81. The van der Waals surface area contributed by atoms with Crippen LogP contribution in [0.3, 0.4) is 0 Å². The van der Waals surface area contributed by atoms with E-state index in [1.165, 1.54) is 44.5 Å².